The normalized spacial score (nSPS) is 23.2. The zero-order chi connectivity index (χ0) is 14.7. The van der Waals surface area contributed by atoms with Gasteiger partial charge < -0.3 is 19.7 Å². The molecule has 0 amide bonds. The highest BCUT2D eigenvalue weighted by molar-refractivity contribution is 9.10. The van der Waals surface area contributed by atoms with E-state index in [9.17, 15) is 0 Å². The zero-order valence-corrected chi connectivity index (χ0v) is 14.1. The first-order valence-electron chi connectivity index (χ1n) is 7.66. The van der Waals surface area contributed by atoms with Crippen molar-refractivity contribution in [3.63, 3.8) is 0 Å². The van der Waals surface area contributed by atoms with Crippen LogP contribution in [0.2, 0.25) is 0 Å². The fourth-order valence-electron chi connectivity index (χ4n) is 2.54. The molecule has 21 heavy (non-hydrogen) atoms. The molecule has 2 fully saturated rings. The van der Waals surface area contributed by atoms with E-state index in [1.54, 1.807) is 0 Å². The third-order valence-electron chi connectivity index (χ3n) is 3.96. The van der Waals surface area contributed by atoms with Gasteiger partial charge in [-0.3, -0.25) is 0 Å². The van der Waals surface area contributed by atoms with Gasteiger partial charge in [0.2, 0.25) is 0 Å². The molecule has 0 spiro atoms. The maximum atomic E-state index is 6.07. The summed E-state index contributed by atoms with van der Waals surface area (Å²) in [6, 6.07) is 6.92. The molecule has 1 heterocycles. The van der Waals surface area contributed by atoms with E-state index < -0.39 is 0 Å². The quantitative estimate of drug-likeness (QED) is 0.850. The third-order valence-corrected chi connectivity index (χ3v) is 4.59. The largest absolute Gasteiger partial charge is 0.489 e. The Balaban J connectivity index is 1.59. The maximum absolute atomic E-state index is 6.07. The topological polar surface area (TPSA) is 33.7 Å². The number of benzene rings is 1. The van der Waals surface area contributed by atoms with Gasteiger partial charge in [0.25, 0.3) is 0 Å². The first-order chi connectivity index (χ1) is 10.2. The highest BCUT2D eigenvalue weighted by Crippen LogP contribution is 2.30. The number of rotatable bonds is 6. The summed E-state index contributed by atoms with van der Waals surface area (Å²) in [5.41, 5.74) is 1.21. The number of likely N-dealkylation sites (N-methyl/N-ethyl adjacent to an activating group) is 1. The van der Waals surface area contributed by atoms with Crippen LogP contribution in [0.3, 0.4) is 0 Å². The number of nitrogens with zero attached hydrogens (tertiary/aromatic N) is 1. The number of hydrogen-bond donors (Lipinski definition) is 1. The van der Waals surface area contributed by atoms with Gasteiger partial charge in [-0.05, 0) is 41.9 Å². The fraction of sp³-hybridized carbons (Fsp3) is 0.625. The standard InChI is InChI=1S/C16H23BrN2O2/c1-19-7-8-20-14(10-19)11-21-16-12(3-2-4-15(16)17)9-18-13-5-6-13/h2-4,13-14,18H,5-11H2,1H3. The minimum Gasteiger partial charge on any atom is -0.489 e. The summed E-state index contributed by atoms with van der Waals surface area (Å²) in [5, 5.41) is 3.55. The second kappa shape index (κ2) is 7.09. The lowest BCUT2D eigenvalue weighted by Crippen LogP contribution is -2.42. The van der Waals surface area contributed by atoms with E-state index in [2.05, 4.69) is 45.3 Å². The lowest BCUT2D eigenvalue weighted by Gasteiger charge is -2.30. The van der Waals surface area contributed by atoms with Crippen molar-refractivity contribution in [2.24, 2.45) is 0 Å². The van der Waals surface area contributed by atoms with Crippen molar-refractivity contribution in [2.75, 3.05) is 33.4 Å². The molecule has 1 aromatic rings. The van der Waals surface area contributed by atoms with Gasteiger partial charge in [0, 0.05) is 31.2 Å². The van der Waals surface area contributed by atoms with E-state index in [0.29, 0.717) is 12.6 Å². The molecule has 1 atom stereocenters. The van der Waals surface area contributed by atoms with Crippen molar-refractivity contribution in [3.8, 4) is 5.75 Å². The number of morpholine rings is 1. The van der Waals surface area contributed by atoms with Crippen LogP contribution in [0, 0.1) is 0 Å². The van der Waals surface area contributed by atoms with Gasteiger partial charge in [-0.25, -0.2) is 0 Å². The molecular formula is C16H23BrN2O2. The van der Waals surface area contributed by atoms with Crippen LogP contribution >= 0.6 is 15.9 Å². The summed E-state index contributed by atoms with van der Waals surface area (Å²) in [4.78, 5) is 2.28. The van der Waals surface area contributed by atoms with Gasteiger partial charge in [-0.2, -0.15) is 0 Å². The molecule has 0 bridgehead atoms. The van der Waals surface area contributed by atoms with Crippen LogP contribution in [0.1, 0.15) is 18.4 Å². The van der Waals surface area contributed by atoms with Gasteiger partial charge in [0.1, 0.15) is 18.5 Å². The van der Waals surface area contributed by atoms with Crippen LogP contribution in [0.25, 0.3) is 0 Å². The second-order valence-corrected chi connectivity index (χ2v) is 6.80. The monoisotopic (exact) mass is 354 g/mol. The number of para-hydroxylation sites is 1. The first-order valence-corrected chi connectivity index (χ1v) is 8.45. The molecule has 116 valence electrons. The Morgan fingerprint density at radius 2 is 2.29 bits per heavy atom. The molecule has 1 aliphatic heterocycles. The van der Waals surface area contributed by atoms with Crippen molar-refractivity contribution in [3.05, 3.63) is 28.2 Å². The predicted molar refractivity (Wildman–Crippen MR) is 86.7 cm³/mol. The van der Waals surface area contributed by atoms with Gasteiger partial charge in [-0.15, -0.1) is 0 Å². The summed E-state index contributed by atoms with van der Waals surface area (Å²) in [6.07, 6.45) is 2.75. The van der Waals surface area contributed by atoms with Crippen molar-refractivity contribution >= 4 is 15.9 Å². The minimum absolute atomic E-state index is 0.153. The Bertz CT molecular complexity index is 479. The lowest BCUT2D eigenvalue weighted by atomic mass is 10.2. The number of hydrogen-bond acceptors (Lipinski definition) is 4. The zero-order valence-electron chi connectivity index (χ0n) is 12.5. The molecule has 0 radical (unpaired) electrons. The molecule has 1 unspecified atom stereocenters. The summed E-state index contributed by atoms with van der Waals surface area (Å²) < 4.78 is 12.8. The Morgan fingerprint density at radius 3 is 3.05 bits per heavy atom. The molecular weight excluding hydrogens is 332 g/mol. The van der Waals surface area contributed by atoms with Crippen LogP contribution < -0.4 is 10.1 Å². The van der Waals surface area contributed by atoms with Gasteiger partial charge in [0.15, 0.2) is 0 Å². The Labute approximate surface area is 134 Å². The predicted octanol–water partition coefficient (Wildman–Crippen LogP) is 2.41. The highest BCUT2D eigenvalue weighted by atomic mass is 79.9. The SMILES string of the molecule is CN1CCOC(COc2c(Br)cccc2CNC2CC2)C1. The molecule has 2 aliphatic rings. The fourth-order valence-corrected chi connectivity index (χ4v) is 3.06. The second-order valence-electron chi connectivity index (χ2n) is 5.95. The third kappa shape index (κ3) is 4.42. The van der Waals surface area contributed by atoms with Crippen molar-refractivity contribution in [1.82, 2.24) is 10.2 Å². The Morgan fingerprint density at radius 1 is 1.43 bits per heavy atom. The van der Waals surface area contributed by atoms with Crippen LogP contribution in [-0.2, 0) is 11.3 Å². The van der Waals surface area contributed by atoms with Gasteiger partial charge in [-0.1, -0.05) is 12.1 Å². The molecule has 1 N–H and O–H groups in total. The smallest absolute Gasteiger partial charge is 0.138 e. The maximum Gasteiger partial charge on any atom is 0.138 e. The molecule has 1 aromatic carbocycles. The lowest BCUT2D eigenvalue weighted by molar-refractivity contribution is -0.0405. The van der Waals surface area contributed by atoms with E-state index in [4.69, 9.17) is 9.47 Å². The molecule has 5 heteroatoms. The van der Waals surface area contributed by atoms with E-state index in [0.717, 1.165) is 36.5 Å². The van der Waals surface area contributed by atoms with Crippen LogP contribution in [0.15, 0.2) is 22.7 Å². The number of ether oxygens (including phenoxy) is 2. The average molecular weight is 355 g/mol. The van der Waals surface area contributed by atoms with Gasteiger partial charge in [0.05, 0.1) is 11.1 Å². The van der Waals surface area contributed by atoms with Crippen molar-refractivity contribution in [2.45, 2.75) is 31.5 Å². The molecule has 3 rings (SSSR count). The highest BCUT2D eigenvalue weighted by Gasteiger charge is 2.22. The number of nitrogens with one attached hydrogen (secondary N) is 1. The molecule has 1 saturated carbocycles. The molecule has 4 nitrogen and oxygen atoms in total. The van der Waals surface area contributed by atoms with Crippen molar-refractivity contribution < 1.29 is 9.47 Å². The van der Waals surface area contributed by atoms with Crippen molar-refractivity contribution in [1.29, 1.82) is 0 Å². The van der Waals surface area contributed by atoms with Gasteiger partial charge >= 0.3 is 0 Å². The Hall–Kier alpha value is -0.620. The van der Waals surface area contributed by atoms with E-state index >= 15 is 0 Å². The van der Waals surface area contributed by atoms with E-state index in [1.807, 2.05) is 6.07 Å². The van der Waals surface area contributed by atoms with Crippen LogP contribution in [0.5, 0.6) is 5.75 Å². The van der Waals surface area contributed by atoms with Crippen LogP contribution in [0.4, 0.5) is 0 Å². The summed E-state index contributed by atoms with van der Waals surface area (Å²) >= 11 is 3.60. The minimum atomic E-state index is 0.153. The van der Waals surface area contributed by atoms with E-state index in [-0.39, 0.29) is 6.10 Å². The van der Waals surface area contributed by atoms with Crippen LogP contribution in [-0.4, -0.2) is 50.4 Å². The summed E-state index contributed by atoms with van der Waals surface area (Å²) in [6.45, 7) is 4.19. The summed E-state index contributed by atoms with van der Waals surface area (Å²) in [5.74, 6) is 0.947. The molecule has 1 aliphatic carbocycles. The average Bonchev–Trinajstić information content (AvgIpc) is 3.28. The number of halogens is 1. The van der Waals surface area contributed by atoms with E-state index in [1.165, 1.54) is 18.4 Å². The summed E-state index contributed by atoms with van der Waals surface area (Å²) in [7, 11) is 2.12. The first kappa shape index (κ1) is 15.3. The Kier molecular flexibility index (Phi) is 5.16. The molecule has 1 saturated heterocycles. The molecule has 0 aromatic heterocycles.